The summed E-state index contributed by atoms with van der Waals surface area (Å²) in [6.07, 6.45) is 13.8. The first-order valence-corrected chi connectivity index (χ1v) is 16.5. The summed E-state index contributed by atoms with van der Waals surface area (Å²) in [5, 5.41) is 23.4. The number of likely N-dealkylation sites (tertiary alicyclic amines) is 1. The van der Waals surface area contributed by atoms with E-state index in [2.05, 4.69) is 43.0 Å². The van der Waals surface area contributed by atoms with Gasteiger partial charge in [-0.2, -0.15) is 0 Å². The Balaban J connectivity index is 1.56. The van der Waals surface area contributed by atoms with E-state index in [1.807, 2.05) is 19.1 Å². The van der Waals surface area contributed by atoms with Crippen molar-refractivity contribution < 1.29 is 15.0 Å². The number of ketones is 1. The Labute approximate surface area is 245 Å². The normalized spacial score (nSPS) is 30.7. The number of nitrogens with zero attached hydrogens (tertiary/aromatic N) is 1. The molecule has 0 spiro atoms. The maximum absolute atomic E-state index is 14.0. The molecule has 218 valence electrons. The summed E-state index contributed by atoms with van der Waals surface area (Å²) in [6.45, 7) is 9.39. The van der Waals surface area contributed by atoms with Crippen molar-refractivity contribution in [1.82, 2.24) is 4.90 Å². The Morgan fingerprint density at radius 3 is 2.50 bits per heavy atom. The highest BCUT2D eigenvalue weighted by Crippen LogP contribution is 2.59. The molecule has 40 heavy (non-hydrogen) atoms. The smallest absolute Gasteiger partial charge is 0.203 e. The number of thiophene rings is 1. The van der Waals surface area contributed by atoms with Crippen LogP contribution in [0.5, 0.6) is 0 Å². The maximum atomic E-state index is 14.0. The Morgan fingerprint density at radius 1 is 1.02 bits per heavy atom. The van der Waals surface area contributed by atoms with E-state index >= 15 is 0 Å². The topological polar surface area (TPSA) is 60.8 Å². The summed E-state index contributed by atoms with van der Waals surface area (Å²) in [7, 11) is 0. The number of allylic oxidation sites excluding steroid dienone is 2. The average molecular weight is 564 g/mol. The number of carbonyl (C=O) groups excluding carboxylic acids is 1. The highest BCUT2D eigenvalue weighted by molar-refractivity contribution is 7.14. The fourth-order valence-corrected chi connectivity index (χ4v) is 8.55. The lowest BCUT2D eigenvalue weighted by atomic mass is 9.64. The minimum absolute atomic E-state index is 0.0776. The van der Waals surface area contributed by atoms with Gasteiger partial charge in [0.2, 0.25) is 5.78 Å². The summed E-state index contributed by atoms with van der Waals surface area (Å²) in [5.74, 6) is 0.178. The largest absolute Gasteiger partial charge is 0.393 e. The molecule has 0 radical (unpaired) electrons. The van der Waals surface area contributed by atoms with Crippen molar-refractivity contribution in [2.24, 2.45) is 5.41 Å². The van der Waals surface area contributed by atoms with E-state index in [9.17, 15) is 15.0 Å². The second-order valence-corrected chi connectivity index (χ2v) is 14.5. The van der Waals surface area contributed by atoms with Crippen molar-refractivity contribution in [3.8, 4) is 0 Å². The predicted octanol–water partition coefficient (Wildman–Crippen LogP) is 7.59. The zero-order valence-corrected chi connectivity index (χ0v) is 25.7. The lowest BCUT2D eigenvalue weighted by molar-refractivity contribution is -0.0843. The van der Waals surface area contributed by atoms with Gasteiger partial charge in [-0.1, -0.05) is 50.0 Å². The second-order valence-electron chi connectivity index (χ2n) is 13.2. The standard InChI is InChI=1S/C35H49NO3S/c1-25-10-9-18-34(3)31(17-19-35(34,39)24-36-20-7-5-4-6-8-21-36)29-15-13-27(22-28(37)14-11-25)23-30(29)33(38)32-16-12-26(2)40-32/h10,12-13,15-16,23,28,31,37,39H,4-9,11,14,17-22,24H2,1-3H3/t28-,31-,34-,35+/m0/s1. The number of rotatable bonds is 4. The van der Waals surface area contributed by atoms with E-state index in [1.54, 1.807) is 11.3 Å². The Morgan fingerprint density at radius 2 is 1.77 bits per heavy atom. The average Bonchev–Trinajstić information content (AvgIpc) is 3.44. The van der Waals surface area contributed by atoms with Crippen molar-refractivity contribution >= 4 is 17.1 Å². The third kappa shape index (κ3) is 6.33. The number of hydrogen-bond acceptors (Lipinski definition) is 5. The molecule has 2 aromatic rings. The van der Waals surface area contributed by atoms with Gasteiger partial charge in [0.15, 0.2) is 0 Å². The molecule has 1 saturated heterocycles. The number of β-amino-alcohol motifs (C(OH)–C–C–N with tert-alkyl or cyclic N) is 1. The third-order valence-corrected chi connectivity index (χ3v) is 11.3. The Bertz CT molecular complexity index is 1210. The quantitative estimate of drug-likeness (QED) is 0.297. The number of hydrogen-bond donors (Lipinski definition) is 2. The molecule has 0 amide bonds. The molecule has 2 bridgehead atoms. The molecule has 2 N–H and O–H groups in total. The fraction of sp³-hybridized carbons (Fsp3) is 0.629. The molecule has 0 unspecified atom stereocenters. The van der Waals surface area contributed by atoms with Gasteiger partial charge < -0.3 is 15.1 Å². The second kappa shape index (κ2) is 12.6. The molecule has 4 aliphatic rings. The molecule has 2 heterocycles. The van der Waals surface area contributed by atoms with Crippen LogP contribution in [-0.2, 0) is 6.42 Å². The molecular weight excluding hydrogens is 514 g/mol. The summed E-state index contributed by atoms with van der Waals surface area (Å²) in [4.78, 5) is 18.5. The summed E-state index contributed by atoms with van der Waals surface area (Å²) >= 11 is 1.55. The van der Waals surface area contributed by atoms with Crippen LogP contribution in [0.2, 0.25) is 0 Å². The van der Waals surface area contributed by atoms with Crippen LogP contribution in [0.25, 0.3) is 0 Å². The molecule has 1 saturated carbocycles. The van der Waals surface area contributed by atoms with Crippen molar-refractivity contribution in [2.45, 2.75) is 115 Å². The first-order valence-electron chi connectivity index (χ1n) is 15.7. The molecule has 3 aliphatic carbocycles. The van der Waals surface area contributed by atoms with Gasteiger partial charge in [0.05, 0.1) is 16.6 Å². The highest BCUT2D eigenvalue weighted by Gasteiger charge is 2.57. The molecule has 4 atom stereocenters. The third-order valence-electron chi connectivity index (χ3n) is 10.3. The van der Waals surface area contributed by atoms with Crippen LogP contribution < -0.4 is 0 Å². The van der Waals surface area contributed by atoms with Crippen molar-refractivity contribution in [3.63, 3.8) is 0 Å². The Hall–Kier alpha value is -1.79. The molecule has 1 aromatic heterocycles. The molecular formula is C35H49NO3S. The molecule has 1 aliphatic heterocycles. The van der Waals surface area contributed by atoms with Gasteiger partial charge in [-0.3, -0.25) is 4.79 Å². The molecule has 6 rings (SSSR count). The summed E-state index contributed by atoms with van der Waals surface area (Å²) in [6, 6.07) is 10.3. The number of aliphatic hydroxyl groups is 2. The van der Waals surface area contributed by atoms with Gasteiger partial charge in [-0.15, -0.1) is 11.3 Å². The van der Waals surface area contributed by atoms with Crippen molar-refractivity contribution in [3.05, 3.63) is 68.4 Å². The van der Waals surface area contributed by atoms with E-state index in [-0.39, 0.29) is 17.1 Å². The lowest BCUT2D eigenvalue weighted by Gasteiger charge is -2.46. The van der Waals surface area contributed by atoms with Crippen LogP contribution in [-0.4, -0.2) is 52.2 Å². The van der Waals surface area contributed by atoms with Crippen LogP contribution in [0.15, 0.2) is 42.0 Å². The van der Waals surface area contributed by atoms with E-state index < -0.39 is 11.7 Å². The molecule has 1 aromatic carbocycles. The minimum atomic E-state index is -0.801. The Kier molecular flexibility index (Phi) is 9.36. The van der Waals surface area contributed by atoms with Gasteiger partial charge in [-0.25, -0.2) is 0 Å². The first kappa shape index (κ1) is 29.7. The molecule has 4 nitrogen and oxygen atoms in total. The van der Waals surface area contributed by atoms with Crippen LogP contribution >= 0.6 is 11.3 Å². The maximum Gasteiger partial charge on any atom is 0.203 e. The highest BCUT2D eigenvalue weighted by atomic mass is 32.1. The van der Waals surface area contributed by atoms with Crippen LogP contribution in [0.4, 0.5) is 0 Å². The van der Waals surface area contributed by atoms with Crippen LogP contribution in [0, 0.1) is 12.3 Å². The first-order chi connectivity index (χ1) is 19.2. The number of benzene rings is 1. The molecule has 2 fully saturated rings. The number of carbonyl (C=O) groups is 1. The summed E-state index contributed by atoms with van der Waals surface area (Å²) in [5.41, 5.74) is 3.03. The van der Waals surface area contributed by atoms with Gasteiger partial charge in [0.1, 0.15) is 0 Å². The van der Waals surface area contributed by atoms with E-state index in [4.69, 9.17) is 0 Å². The minimum Gasteiger partial charge on any atom is -0.393 e. The van der Waals surface area contributed by atoms with Gasteiger partial charge in [-0.05, 0) is 120 Å². The summed E-state index contributed by atoms with van der Waals surface area (Å²) < 4.78 is 0. The van der Waals surface area contributed by atoms with Crippen molar-refractivity contribution in [1.29, 1.82) is 0 Å². The number of fused-ring (bicyclic) bond motifs is 8. The van der Waals surface area contributed by atoms with Gasteiger partial charge in [0.25, 0.3) is 0 Å². The van der Waals surface area contributed by atoms with E-state index in [0.29, 0.717) is 6.42 Å². The van der Waals surface area contributed by atoms with E-state index in [1.165, 1.54) is 37.7 Å². The zero-order valence-electron chi connectivity index (χ0n) is 24.9. The fourth-order valence-electron chi connectivity index (χ4n) is 7.73. The zero-order chi connectivity index (χ0) is 28.3. The van der Waals surface area contributed by atoms with E-state index in [0.717, 1.165) is 84.6 Å². The number of aryl methyl sites for hydroxylation is 1. The number of aliphatic hydroxyl groups excluding tert-OH is 1. The monoisotopic (exact) mass is 563 g/mol. The predicted molar refractivity (Wildman–Crippen MR) is 165 cm³/mol. The van der Waals surface area contributed by atoms with Crippen LogP contribution in [0.3, 0.4) is 0 Å². The van der Waals surface area contributed by atoms with Crippen LogP contribution in [0.1, 0.15) is 122 Å². The van der Waals surface area contributed by atoms with Gasteiger partial charge in [0, 0.05) is 22.4 Å². The lowest BCUT2D eigenvalue weighted by Crippen LogP contribution is -2.53. The van der Waals surface area contributed by atoms with Gasteiger partial charge >= 0.3 is 0 Å². The SMILES string of the molecule is CC1=CCC[C@@]2(C)[C@@H](CC[C@@]2(O)CN2CCCCCCC2)c2ccc(cc2C(=O)c2ccc(C)s2)C[C@@H](O)CC1. The van der Waals surface area contributed by atoms with Crippen molar-refractivity contribution in [2.75, 3.05) is 19.6 Å². The molecule has 5 heteroatoms.